The molecule has 3 rings (SSSR count). The molecule has 0 spiro atoms. The first-order valence-corrected chi connectivity index (χ1v) is 9.50. The van der Waals surface area contributed by atoms with Crippen LogP contribution in [0, 0.1) is 0 Å². The van der Waals surface area contributed by atoms with Crippen LogP contribution >= 0.6 is 11.3 Å². The highest BCUT2D eigenvalue weighted by atomic mass is 32.1. The van der Waals surface area contributed by atoms with Gasteiger partial charge in [0.25, 0.3) is 0 Å². The highest BCUT2D eigenvalue weighted by Gasteiger charge is 2.16. The normalized spacial score (nSPS) is 16.5. The first-order chi connectivity index (χ1) is 11.8. The van der Waals surface area contributed by atoms with E-state index in [4.69, 9.17) is 4.74 Å². The summed E-state index contributed by atoms with van der Waals surface area (Å²) < 4.78 is 5.48. The minimum atomic E-state index is 0.409. The van der Waals surface area contributed by atoms with Gasteiger partial charge in [0.05, 0.1) is 13.2 Å². The number of rotatable bonds is 7. The number of hydrogen-bond donors (Lipinski definition) is 1. The van der Waals surface area contributed by atoms with Gasteiger partial charge in [0.1, 0.15) is 0 Å². The van der Waals surface area contributed by atoms with E-state index in [0.717, 1.165) is 39.4 Å². The summed E-state index contributed by atoms with van der Waals surface area (Å²) in [7, 11) is 4.29. The maximum atomic E-state index is 5.48. The third-order valence-corrected chi connectivity index (χ3v) is 5.25. The molecule has 1 aromatic heterocycles. The van der Waals surface area contributed by atoms with Crippen LogP contribution in [0.1, 0.15) is 17.2 Å². The van der Waals surface area contributed by atoms with Crippen LogP contribution < -0.4 is 10.2 Å². The molecule has 2 heterocycles. The average molecular weight is 346 g/mol. The molecule has 0 amide bonds. The third kappa shape index (κ3) is 4.36. The van der Waals surface area contributed by atoms with Crippen molar-refractivity contribution in [3.05, 3.63) is 52.2 Å². The lowest BCUT2D eigenvalue weighted by molar-refractivity contribution is 0.122. The number of likely N-dealkylation sites (N-methyl/N-ethyl adjacent to an activating group) is 1. The van der Waals surface area contributed by atoms with Crippen molar-refractivity contribution < 1.29 is 4.74 Å². The standard InChI is InChI=1S/C19H27N3OS/c1-21(2)19(17-7-12-24-15-17)14-20-13-16-5-3-4-6-18(16)22-8-10-23-11-9-22/h3-7,12,15,19-20H,8-11,13-14H2,1-2H3. The Hall–Kier alpha value is -1.40. The fraction of sp³-hybridized carbons (Fsp3) is 0.474. The highest BCUT2D eigenvalue weighted by Crippen LogP contribution is 2.23. The van der Waals surface area contributed by atoms with Gasteiger partial charge < -0.3 is 19.9 Å². The number of hydrogen-bond acceptors (Lipinski definition) is 5. The van der Waals surface area contributed by atoms with Crippen LogP contribution in [0.15, 0.2) is 41.1 Å². The van der Waals surface area contributed by atoms with Crippen molar-refractivity contribution in [1.82, 2.24) is 10.2 Å². The minimum Gasteiger partial charge on any atom is -0.378 e. The summed E-state index contributed by atoms with van der Waals surface area (Å²) >= 11 is 1.76. The number of nitrogens with one attached hydrogen (secondary N) is 1. The molecule has 0 bridgehead atoms. The van der Waals surface area contributed by atoms with E-state index in [2.05, 4.69) is 70.3 Å². The fourth-order valence-corrected chi connectivity index (χ4v) is 3.89. The molecule has 1 aliphatic heterocycles. The van der Waals surface area contributed by atoms with E-state index in [9.17, 15) is 0 Å². The summed E-state index contributed by atoms with van der Waals surface area (Å²) in [4.78, 5) is 4.71. The topological polar surface area (TPSA) is 27.7 Å². The third-order valence-electron chi connectivity index (χ3n) is 4.55. The molecule has 1 N–H and O–H groups in total. The molecule has 0 saturated carbocycles. The van der Waals surface area contributed by atoms with Crippen molar-refractivity contribution in [3.63, 3.8) is 0 Å². The predicted molar refractivity (Wildman–Crippen MR) is 102 cm³/mol. The van der Waals surface area contributed by atoms with Crippen molar-refractivity contribution in [2.45, 2.75) is 12.6 Å². The van der Waals surface area contributed by atoms with Crippen LogP contribution in [0.2, 0.25) is 0 Å². The van der Waals surface area contributed by atoms with Gasteiger partial charge in [-0.1, -0.05) is 18.2 Å². The predicted octanol–water partition coefficient (Wildman–Crippen LogP) is 2.98. The summed E-state index contributed by atoms with van der Waals surface area (Å²) in [6.07, 6.45) is 0. The van der Waals surface area contributed by atoms with Gasteiger partial charge in [0.2, 0.25) is 0 Å². The van der Waals surface area contributed by atoms with E-state index in [0.29, 0.717) is 6.04 Å². The molecule has 130 valence electrons. The molecule has 1 aliphatic rings. The summed E-state index contributed by atoms with van der Waals surface area (Å²) in [6.45, 7) is 5.44. The Morgan fingerprint density at radius 3 is 2.71 bits per heavy atom. The van der Waals surface area contributed by atoms with E-state index in [1.54, 1.807) is 11.3 Å². The monoisotopic (exact) mass is 345 g/mol. The van der Waals surface area contributed by atoms with Gasteiger partial charge in [0.15, 0.2) is 0 Å². The molecular weight excluding hydrogens is 318 g/mol. The van der Waals surface area contributed by atoms with Crippen molar-refractivity contribution >= 4 is 17.0 Å². The summed E-state index contributed by atoms with van der Waals surface area (Å²) in [5.41, 5.74) is 4.09. The molecule has 1 fully saturated rings. The molecular formula is C19H27N3OS. The van der Waals surface area contributed by atoms with Crippen molar-refractivity contribution in [1.29, 1.82) is 0 Å². The van der Waals surface area contributed by atoms with Gasteiger partial charge in [-0.3, -0.25) is 0 Å². The van der Waals surface area contributed by atoms with E-state index in [-0.39, 0.29) is 0 Å². The lowest BCUT2D eigenvalue weighted by Gasteiger charge is -2.31. The second-order valence-corrected chi connectivity index (χ2v) is 7.18. The quantitative estimate of drug-likeness (QED) is 0.835. The fourth-order valence-electron chi connectivity index (χ4n) is 3.18. The number of para-hydroxylation sites is 1. The first-order valence-electron chi connectivity index (χ1n) is 8.55. The lowest BCUT2D eigenvalue weighted by atomic mass is 10.1. The van der Waals surface area contributed by atoms with Crippen LogP contribution in [-0.4, -0.2) is 51.8 Å². The number of benzene rings is 1. The van der Waals surface area contributed by atoms with Crippen molar-refractivity contribution in [2.75, 3.05) is 51.8 Å². The minimum absolute atomic E-state index is 0.409. The van der Waals surface area contributed by atoms with E-state index >= 15 is 0 Å². The molecule has 1 aromatic carbocycles. The molecule has 24 heavy (non-hydrogen) atoms. The molecule has 2 aromatic rings. The molecule has 4 nitrogen and oxygen atoms in total. The Bertz CT molecular complexity index is 609. The zero-order valence-corrected chi connectivity index (χ0v) is 15.4. The Labute approximate surface area is 149 Å². The van der Waals surface area contributed by atoms with E-state index in [1.165, 1.54) is 16.8 Å². The lowest BCUT2D eigenvalue weighted by Crippen LogP contribution is -2.37. The van der Waals surface area contributed by atoms with Gasteiger partial charge in [0, 0.05) is 37.9 Å². The summed E-state index contributed by atoms with van der Waals surface area (Å²) in [5, 5.41) is 8.05. The van der Waals surface area contributed by atoms with Crippen molar-refractivity contribution in [2.24, 2.45) is 0 Å². The van der Waals surface area contributed by atoms with Crippen molar-refractivity contribution in [3.8, 4) is 0 Å². The Balaban J connectivity index is 1.62. The molecule has 1 unspecified atom stereocenters. The number of morpholine rings is 1. The number of thiophene rings is 1. The van der Waals surface area contributed by atoms with Crippen LogP contribution in [0.5, 0.6) is 0 Å². The smallest absolute Gasteiger partial charge is 0.0642 e. The van der Waals surface area contributed by atoms with Crippen LogP contribution in [0.4, 0.5) is 5.69 Å². The van der Waals surface area contributed by atoms with Gasteiger partial charge in [-0.25, -0.2) is 0 Å². The molecule has 1 atom stereocenters. The van der Waals surface area contributed by atoms with E-state index in [1.807, 2.05) is 0 Å². The van der Waals surface area contributed by atoms with Gasteiger partial charge >= 0.3 is 0 Å². The molecule has 1 saturated heterocycles. The second kappa shape index (κ2) is 8.62. The van der Waals surface area contributed by atoms with Crippen LogP contribution in [0.25, 0.3) is 0 Å². The highest BCUT2D eigenvalue weighted by molar-refractivity contribution is 7.07. The maximum absolute atomic E-state index is 5.48. The zero-order valence-electron chi connectivity index (χ0n) is 14.6. The summed E-state index contributed by atoms with van der Waals surface area (Å²) in [5.74, 6) is 0. The Morgan fingerprint density at radius 2 is 2.00 bits per heavy atom. The Morgan fingerprint density at radius 1 is 1.21 bits per heavy atom. The number of ether oxygens (including phenoxy) is 1. The first kappa shape index (κ1) is 17.4. The second-order valence-electron chi connectivity index (χ2n) is 6.40. The van der Waals surface area contributed by atoms with Gasteiger partial charge in [-0.05, 0) is 48.1 Å². The number of nitrogens with zero attached hydrogens (tertiary/aromatic N) is 2. The zero-order chi connectivity index (χ0) is 16.8. The van der Waals surface area contributed by atoms with Gasteiger partial charge in [-0.2, -0.15) is 11.3 Å². The molecule has 5 heteroatoms. The molecule has 0 radical (unpaired) electrons. The molecule has 0 aliphatic carbocycles. The van der Waals surface area contributed by atoms with Crippen LogP contribution in [-0.2, 0) is 11.3 Å². The Kier molecular flexibility index (Phi) is 6.26. The largest absolute Gasteiger partial charge is 0.378 e. The maximum Gasteiger partial charge on any atom is 0.0642 e. The van der Waals surface area contributed by atoms with Gasteiger partial charge in [-0.15, -0.1) is 0 Å². The van der Waals surface area contributed by atoms with Crippen LogP contribution in [0.3, 0.4) is 0 Å². The SMILES string of the molecule is CN(C)C(CNCc1ccccc1N1CCOCC1)c1ccsc1. The average Bonchev–Trinajstić information content (AvgIpc) is 3.13. The number of anilines is 1. The van der Waals surface area contributed by atoms with E-state index < -0.39 is 0 Å². The summed E-state index contributed by atoms with van der Waals surface area (Å²) in [6, 6.07) is 11.3.